The Labute approximate surface area is 108 Å². The molecule has 0 aliphatic rings. The average Bonchev–Trinajstić information content (AvgIpc) is 2.62. The van der Waals surface area contributed by atoms with Crippen molar-refractivity contribution >= 4 is 29.0 Å². The van der Waals surface area contributed by atoms with E-state index in [1.807, 2.05) is 11.4 Å². The predicted molar refractivity (Wildman–Crippen MR) is 75.3 cm³/mol. The molecule has 0 amide bonds. The normalized spacial score (nSPS) is 12.4. The van der Waals surface area contributed by atoms with Crippen molar-refractivity contribution in [3.05, 3.63) is 26.9 Å². The highest BCUT2D eigenvalue weighted by atomic mass is 35.5. The van der Waals surface area contributed by atoms with E-state index >= 15 is 0 Å². The first-order valence-corrected chi connectivity index (χ1v) is 7.01. The molecular weight excluding hydrogens is 238 g/mol. The van der Waals surface area contributed by atoms with Gasteiger partial charge in [0.15, 0.2) is 0 Å². The lowest BCUT2D eigenvalue weighted by Gasteiger charge is -2.09. The molecule has 0 atom stereocenters. The van der Waals surface area contributed by atoms with Crippen molar-refractivity contribution in [2.24, 2.45) is 5.92 Å². The van der Waals surface area contributed by atoms with Crippen LogP contribution in [0.1, 0.15) is 32.1 Å². The van der Waals surface area contributed by atoms with Gasteiger partial charge in [-0.1, -0.05) is 37.9 Å². The molecule has 0 aliphatic carbocycles. The van der Waals surface area contributed by atoms with E-state index in [2.05, 4.69) is 32.2 Å². The molecule has 90 valence electrons. The standard InChI is InChI=1S/C13H20ClNS/c1-4-11(8-15-7-10(2)3)5-13-6-12(14)9-16-13/h5-6,9-10,15H,4,7-8H2,1-3H3. The minimum absolute atomic E-state index is 0.703. The van der Waals surface area contributed by atoms with Crippen molar-refractivity contribution < 1.29 is 0 Å². The number of halogens is 1. The Morgan fingerprint density at radius 3 is 2.81 bits per heavy atom. The van der Waals surface area contributed by atoms with Crippen LogP contribution < -0.4 is 5.32 Å². The molecule has 1 nitrogen and oxygen atoms in total. The molecule has 0 unspecified atom stereocenters. The van der Waals surface area contributed by atoms with Gasteiger partial charge < -0.3 is 5.32 Å². The van der Waals surface area contributed by atoms with Crippen LogP contribution in [0.5, 0.6) is 0 Å². The fraction of sp³-hybridized carbons (Fsp3) is 0.538. The van der Waals surface area contributed by atoms with E-state index < -0.39 is 0 Å². The molecule has 0 fully saturated rings. The molecule has 0 radical (unpaired) electrons. The van der Waals surface area contributed by atoms with Gasteiger partial charge in [0.2, 0.25) is 0 Å². The minimum atomic E-state index is 0.703. The van der Waals surface area contributed by atoms with E-state index in [4.69, 9.17) is 11.6 Å². The zero-order valence-corrected chi connectivity index (χ0v) is 11.8. The summed E-state index contributed by atoms with van der Waals surface area (Å²) >= 11 is 7.60. The lowest BCUT2D eigenvalue weighted by atomic mass is 10.1. The first-order valence-electron chi connectivity index (χ1n) is 5.76. The molecule has 0 bridgehead atoms. The van der Waals surface area contributed by atoms with Gasteiger partial charge in [-0.2, -0.15) is 0 Å². The largest absolute Gasteiger partial charge is 0.313 e. The fourth-order valence-corrected chi connectivity index (χ4v) is 2.47. The first-order chi connectivity index (χ1) is 7.61. The second-order valence-corrected chi connectivity index (χ2v) is 5.73. The average molecular weight is 258 g/mol. The van der Waals surface area contributed by atoms with E-state index in [9.17, 15) is 0 Å². The van der Waals surface area contributed by atoms with Crippen molar-refractivity contribution in [2.75, 3.05) is 13.1 Å². The number of rotatable bonds is 6. The van der Waals surface area contributed by atoms with E-state index in [-0.39, 0.29) is 0 Å². The van der Waals surface area contributed by atoms with Crippen molar-refractivity contribution in [3.8, 4) is 0 Å². The molecule has 0 spiro atoms. The Bertz CT molecular complexity index is 341. The zero-order chi connectivity index (χ0) is 12.0. The minimum Gasteiger partial charge on any atom is -0.313 e. The Morgan fingerprint density at radius 2 is 2.31 bits per heavy atom. The van der Waals surface area contributed by atoms with Gasteiger partial charge >= 0.3 is 0 Å². The summed E-state index contributed by atoms with van der Waals surface area (Å²) in [6, 6.07) is 2.02. The quantitative estimate of drug-likeness (QED) is 0.795. The van der Waals surface area contributed by atoms with Crippen molar-refractivity contribution in [1.82, 2.24) is 5.32 Å². The molecule has 1 aromatic heterocycles. The fourth-order valence-electron chi connectivity index (χ4n) is 1.40. The van der Waals surface area contributed by atoms with Gasteiger partial charge in [-0.05, 0) is 31.0 Å². The van der Waals surface area contributed by atoms with Crippen LogP contribution in [0.4, 0.5) is 0 Å². The van der Waals surface area contributed by atoms with Crippen LogP contribution in [-0.4, -0.2) is 13.1 Å². The Hall–Kier alpha value is -0.310. The van der Waals surface area contributed by atoms with Crippen molar-refractivity contribution in [2.45, 2.75) is 27.2 Å². The van der Waals surface area contributed by atoms with Crippen LogP contribution >= 0.6 is 22.9 Å². The number of thiophene rings is 1. The Balaban J connectivity index is 2.50. The lowest BCUT2D eigenvalue weighted by Crippen LogP contribution is -2.21. The molecule has 1 N–H and O–H groups in total. The van der Waals surface area contributed by atoms with E-state index in [0.29, 0.717) is 5.92 Å². The molecule has 0 saturated carbocycles. The summed E-state index contributed by atoms with van der Waals surface area (Å²) in [6.07, 6.45) is 3.32. The Morgan fingerprint density at radius 1 is 1.56 bits per heavy atom. The van der Waals surface area contributed by atoms with Gasteiger partial charge in [0, 0.05) is 16.8 Å². The molecule has 0 aliphatic heterocycles. The molecule has 0 aromatic carbocycles. The highest BCUT2D eigenvalue weighted by Gasteiger charge is 1.99. The van der Waals surface area contributed by atoms with Crippen LogP contribution in [-0.2, 0) is 0 Å². The van der Waals surface area contributed by atoms with Gasteiger partial charge in [-0.15, -0.1) is 11.3 Å². The highest BCUT2D eigenvalue weighted by molar-refractivity contribution is 7.11. The van der Waals surface area contributed by atoms with Crippen LogP contribution in [0, 0.1) is 5.92 Å². The third-order valence-electron chi connectivity index (χ3n) is 2.29. The van der Waals surface area contributed by atoms with Gasteiger partial charge in [0.25, 0.3) is 0 Å². The van der Waals surface area contributed by atoms with Crippen LogP contribution in [0.15, 0.2) is 17.0 Å². The highest BCUT2D eigenvalue weighted by Crippen LogP contribution is 2.22. The maximum absolute atomic E-state index is 5.90. The monoisotopic (exact) mass is 257 g/mol. The predicted octanol–water partition coefficient (Wildman–Crippen LogP) is 4.44. The second-order valence-electron chi connectivity index (χ2n) is 4.35. The lowest BCUT2D eigenvalue weighted by molar-refractivity contribution is 0.569. The summed E-state index contributed by atoms with van der Waals surface area (Å²) in [5.74, 6) is 0.703. The number of hydrogen-bond donors (Lipinski definition) is 1. The summed E-state index contributed by atoms with van der Waals surface area (Å²) in [6.45, 7) is 8.69. The topological polar surface area (TPSA) is 12.0 Å². The maximum atomic E-state index is 5.90. The van der Waals surface area contributed by atoms with E-state index in [1.165, 1.54) is 10.5 Å². The number of hydrogen-bond acceptors (Lipinski definition) is 2. The van der Waals surface area contributed by atoms with Gasteiger partial charge in [0.05, 0.1) is 5.02 Å². The smallest absolute Gasteiger partial charge is 0.0519 e. The van der Waals surface area contributed by atoms with Crippen molar-refractivity contribution in [3.63, 3.8) is 0 Å². The van der Waals surface area contributed by atoms with Crippen LogP contribution in [0.3, 0.4) is 0 Å². The Kier molecular flexibility index (Phi) is 6.10. The number of nitrogens with one attached hydrogen (secondary N) is 1. The van der Waals surface area contributed by atoms with Gasteiger partial charge in [-0.3, -0.25) is 0 Å². The van der Waals surface area contributed by atoms with E-state index in [1.54, 1.807) is 11.3 Å². The summed E-state index contributed by atoms with van der Waals surface area (Å²) in [5, 5.41) is 6.28. The SMILES string of the molecule is CCC(=Cc1cc(Cl)cs1)CNCC(C)C. The maximum Gasteiger partial charge on any atom is 0.0519 e. The van der Waals surface area contributed by atoms with Crippen LogP contribution in [0.25, 0.3) is 6.08 Å². The summed E-state index contributed by atoms with van der Waals surface area (Å²) in [7, 11) is 0. The second kappa shape index (κ2) is 7.10. The molecular formula is C13H20ClNS. The third-order valence-corrected chi connectivity index (χ3v) is 3.52. The molecule has 1 aromatic rings. The van der Waals surface area contributed by atoms with E-state index in [0.717, 1.165) is 24.5 Å². The molecule has 1 heterocycles. The molecule has 1 rings (SSSR count). The molecule has 0 saturated heterocycles. The van der Waals surface area contributed by atoms with Crippen molar-refractivity contribution in [1.29, 1.82) is 0 Å². The zero-order valence-electron chi connectivity index (χ0n) is 10.2. The van der Waals surface area contributed by atoms with Gasteiger partial charge in [0.1, 0.15) is 0 Å². The summed E-state index contributed by atoms with van der Waals surface area (Å²) in [5.41, 5.74) is 1.43. The molecule has 3 heteroatoms. The van der Waals surface area contributed by atoms with Crippen LogP contribution in [0.2, 0.25) is 5.02 Å². The summed E-state index contributed by atoms with van der Waals surface area (Å²) < 4.78 is 0. The molecule has 16 heavy (non-hydrogen) atoms. The van der Waals surface area contributed by atoms with Gasteiger partial charge in [-0.25, -0.2) is 0 Å². The first kappa shape index (κ1) is 13.8. The third kappa shape index (κ3) is 5.15. The summed E-state index contributed by atoms with van der Waals surface area (Å²) in [4.78, 5) is 1.24.